The van der Waals surface area contributed by atoms with Crippen LogP contribution in [-0.2, 0) is 7.05 Å². The summed E-state index contributed by atoms with van der Waals surface area (Å²) in [6, 6.07) is 23.2. The number of rotatable bonds is 4. The van der Waals surface area contributed by atoms with E-state index in [0.717, 1.165) is 0 Å². The van der Waals surface area contributed by atoms with Crippen LogP contribution >= 0.6 is 0 Å². The zero-order valence-electron chi connectivity index (χ0n) is 26.0. The predicted molar refractivity (Wildman–Crippen MR) is 174 cm³/mol. The molecule has 1 unspecified atom stereocenters. The Kier molecular flexibility index (Phi) is 5.84. The summed E-state index contributed by atoms with van der Waals surface area (Å²) in [5.41, 5.74) is 15.2. The van der Waals surface area contributed by atoms with Crippen LogP contribution in [0, 0.1) is 6.92 Å². The number of aryl methyl sites for hydroxylation is 2. The largest absolute Gasteiger partial charge is 0.644 e. The third kappa shape index (κ3) is 3.44. The number of hydrogen-bond donors (Lipinski definition) is 0. The lowest BCUT2D eigenvalue weighted by molar-refractivity contribution is -0.657. The van der Waals surface area contributed by atoms with Crippen molar-refractivity contribution in [2.24, 2.45) is 7.05 Å². The van der Waals surface area contributed by atoms with E-state index in [4.69, 9.17) is 0 Å². The molecular weight excluding hydrogens is 499 g/mol. The topological polar surface area (TPSA) is 13.6 Å². The van der Waals surface area contributed by atoms with Crippen molar-refractivity contribution in [1.29, 1.82) is 0 Å². The van der Waals surface area contributed by atoms with Crippen molar-refractivity contribution >= 4 is 41.4 Å². The Morgan fingerprint density at radius 1 is 0.634 bits per heavy atom. The van der Waals surface area contributed by atoms with Crippen LogP contribution in [0.5, 0.6) is 0 Å². The third-order valence-corrected chi connectivity index (χ3v) is 9.65. The highest BCUT2D eigenvalue weighted by atomic mass is 15.5. The standard InChI is InChI=1S/C36H42BN4/c1-21(2)26-13-10-14-27(22(3)4)33(26)39-31-17-12-20-38(9)36(31)41-32-24(7)18-19-30-25(8)29-16-11-15-28(23(5)6)34(29)40(35(30)32)37(39)41/h10-23,25H,1-9H3/q+1. The molecule has 0 bridgehead atoms. The van der Waals surface area contributed by atoms with Gasteiger partial charge in [0.25, 0.3) is 5.82 Å². The lowest BCUT2D eigenvalue weighted by Gasteiger charge is -2.38. The first-order valence-electron chi connectivity index (χ1n) is 15.4. The number of anilines is 6. The van der Waals surface area contributed by atoms with Gasteiger partial charge in [0.05, 0.1) is 18.9 Å². The van der Waals surface area contributed by atoms with E-state index in [2.05, 4.69) is 148 Å². The minimum atomic E-state index is -0.0306. The first-order chi connectivity index (χ1) is 19.6. The number of benzene rings is 3. The van der Waals surface area contributed by atoms with Gasteiger partial charge >= 0.3 is 7.12 Å². The molecule has 4 heterocycles. The molecule has 4 aromatic rings. The molecule has 3 aliphatic heterocycles. The van der Waals surface area contributed by atoms with Gasteiger partial charge in [-0.05, 0) is 70.2 Å². The maximum Gasteiger partial charge on any atom is 0.644 e. The van der Waals surface area contributed by atoms with E-state index in [9.17, 15) is 0 Å². The zero-order valence-corrected chi connectivity index (χ0v) is 26.0. The van der Waals surface area contributed by atoms with Crippen LogP contribution in [0.4, 0.5) is 34.3 Å². The Bertz CT molecular complexity index is 1680. The van der Waals surface area contributed by atoms with Gasteiger partial charge in [0.2, 0.25) is 0 Å². The molecule has 0 amide bonds. The lowest BCUT2D eigenvalue weighted by Crippen LogP contribution is -2.54. The summed E-state index contributed by atoms with van der Waals surface area (Å²) in [5, 5.41) is 0. The van der Waals surface area contributed by atoms with E-state index in [-0.39, 0.29) is 7.12 Å². The minimum Gasteiger partial charge on any atom is -0.318 e. The van der Waals surface area contributed by atoms with Crippen LogP contribution in [0.25, 0.3) is 0 Å². The van der Waals surface area contributed by atoms with Gasteiger partial charge in [-0.25, -0.2) is 9.38 Å². The van der Waals surface area contributed by atoms with Crippen molar-refractivity contribution in [2.45, 2.75) is 79.1 Å². The molecular formula is C36H42BN4+. The smallest absolute Gasteiger partial charge is 0.318 e. The molecule has 1 aromatic heterocycles. The summed E-state index contributed by atoms with van der Waals surface area (Å²) < 4.78 is 2.32. The summed E-state index contributed by atoms with van der Waals surface area (Å²) in [6.07, 6.45) is 2.20. The van der Waals surface area contributed by atoms with E-state index in [0.29, 0.717) is 23.7 Å². The zero-order chi connectivity index (χ0) is 28.9. The number of hydrogen-bond acceptors (Lipinski definition) is 3. The van der Waals surface area contributed by atoms with Gasteiger partial charge in [0.15, 0.2) is 0 Å². The molecule has 3 aromatic carbocycles. The van der Waals surface area contributed by atoms with Crippen molar-refractivity contribution in [3.63, 3.8) is 0 Å². The number of fused-ring (bicyclic) bond motifs is 7. The number of aromatic nitrogens is 1. The van der Waals surface area contributed by atoms with Gasteiger partial charge in [-0.2, -0.15) is 0 Å². The highest BCUT2D eigenvalue weighted by Gasteiger charge is 2.65. The van der Waals surface area contributed by atoms with Crippen LogP contribution < -0.4 is 19.0 Å². The van der Waals surface area contributed by atoms with Crippen molar-refractivity contribution in [3.05, 3.63) is 100 Å². The average molecular weight is 542 g/mol. The van der Waals surface area contributed by atoms with Gasteiger partial charge in [-0.1, -0.05) is 97.0 Å². The Hall–Kier alpha value is -3.73. The van der Waals surface area contributed by atoms with E-state index in [1.165, 1.54) is 67.6 Å². The fourth-order valence-corrected chi connectivity index (χ4v) is 7.68. The van der Waals surface area contributed by atoms with Crippen LogP contribution in [0.1, 0.15) is 106 Å². The molecule has 0 spiro atoms. The SMILES string of the molecule is Cc1ccc2c3c1N1B(N(c4c(C(C)C)cccc4C(C)C)c4ccc[n+](C)c41)N3c1c(C(C)C)cccc1C2C. The second-order valence-electron chi connectivity index (χ2n) is 13.2. The van der Waals surface area contributed by atoms with Crippen molar-refractivity contribution in [1.82, 2.24) is 0 Å². The van der Waals surface area contributed by atoms with Crippen molar-refractivity contribution in [2.75, 3.05) is 14.4 Å². The molecule has 3 aliphatic rings. The summed E-state index contributed by atoms with van der Waals surface area (Å²) in [7, 11) is 2.17. The fraction of sp³-hybridized carbons (Fsp3) is 0.361. The molecule has 4 nitrogen and oxygen atoms in total. The molecule has 0 saturated carbocycles. The van der Waals surface area contributed by atoms with Gasteiger partial charge in [0.1, 0.15) is 11.4 Å². The summed E-state index contributed by atoms with van der Waals surface area (Å²) in [4.78, 5) is 8.04. The number of para-hydroxylation sites is 2. The second kappa shape index (κ2) is 9.14. The molecule has 1 atom stereocenters. The molecule has 0 saturated heterocycles. The van der Waals surface area contributed by atoms with E-state index in [1.807, 2.05) is 0 Å². The summed E-state index contributed by atoms with van der Waals surface area (Å²) in [6.45, 7) is 18.7. The van der Waals surface area contributed by atoms with Crippen LogP contribution in [0.2, 0.25) is 0 Å². The second-order valence-corrected chi connectivity index (χ2v) is 13.2. The molecule has 5 heteroatoms. The monoisotopic (exact) mass is 541 g/mol. The molecule has 0 aliphatic carbocycles. The van der Waals surface area contributed by atoms with Crippen LogP contribution in [0.15, 0.2) is 66.9 Å². The minimum absolute atomic E-state index is 0.0306. The Morgan fingerprint density at radius 3 is 1.85 bits per heavy atom. The van der Waals surface area contributed by atoms with Gasteiger partial charge < -0.3 is 9.62 Å². The quantitative estimate of drug-likeness (QED) is 0.189. The van der Waals surface area contributed by atoms with Crippen molar-refractivity contribution < 1.29 is 4.57 Å². The third-order valence-electron chi connectivity index (χ3n) is 9.65. The average Bonchev–Trinajstić information content (AvgIpc) is 3.45. The highest BCUT2D eigenvalue weighted by molar-refractivity contribution is 6.80. The van der Waals surface area contributed by atoms with Gasteiger partial charge in [0, 0.05) is 17.3 Å². The fourth-order valence-electron chi connectivity index (χ4n) is 7.68. The Balaban J connectivity index is 1.63. The lowest BCUT2D eigenvalue weighted by atomic mass is 9.76. The summed E-state index contributed by atoms with van der Waals surface area (Å²) >= 11 is 0. The molecule has 0 N–H and O–H groups in total. The molecule has 0 fully saturated rings. The van der Waals surface area contributed by atoms with E-state index in [1.54, 1.807) is 0 Å². The maximum atomic E-state index is 2.71. The van der Waals surface area contributed by atoms with Crippen LogP contribution in [-0.4, -0.2) is 7.12 Å². The molecule has 41 heavy (non-hydrogen) atoms. The van der Waals surface area contributed by atoms with Crippen LogP contribution in [0.3, 0.4) is 0 Å². The van der Waals surface area contributed by atoms with Gasteiger partial charge in [-0.3, -0.25) is 0 Å². The molecule has 208 valence electrons. The highest BCUT2D eigenvalue weighted by Crippen LogP contribution is 2.62. The predicted octanol–water partition coefficient (Wildman–Crippen LogP) is 9.08. The molecule has 7 rings (SSSR count). The summed E-state index contributed by atoms with van der Waals surface area (Å²) in [5.74, 6) is 2.82. The van der Waals surface area contributed by atoms with E-state index >= 15 is 0 Å². The first kappa shape index (κ1) is 26.2. The number of nitrogens with zero attached hydrogens (tertiary/aromatic N) is 4. The first-order valence-corrected chi connectivity index (χ1v) is 15.4. The van der Waals surface area contributed by atoms with Crippen molar-refractivity contribution in [3.8, 4) is 0 Å². The Morgan fingerprint density at radius 2 is 1.22 bits per heavy atom. The molecule has 0 radical (unpaired) electrons. The maximum absolute atomic E-state index is 2.71. The Labute approximate surface area is 246 Å². The van der Waals surface area contributed by atoms with Gasteiger partial charge in [-0.15, -0.1) is 0 Å². The normalized spacial score (nSPS) is 16.6. The van der Waals surface area contributed by atoms with E-state index < -0.39 is 0 Å². The number of pyridine rings is 1.